The normalized spacial score (nSPS) is 10.9. The standard InChI is InChI=1S/C30H49N3O7/c1-22(2)26(34)13-9-10-16-38-19-30(33-29(37)25(7)8,20-39-17-11-14-31-27(35)23(3)4)21-40-18-12-15-32-28(36)24(5)6/h1,3,5,7,9-21H2,2,4,6,8H3,(H,31,35)(H,32,36)(H,33,37). The lowest BCUT2D eigenvalue weighted by molar-refractivity contribution is -0.124. The van der Waals surface area contributed by atoms with Crippen LogP contribution in [0.5, 0.6) is 0 Å². The molecule has 0 rings (SSSR count). The maximum Gasteiger partial charge on any atom is 0.246 e. The van der Waals surface area contributed by atoms with Gasteiger partial charge in [0.15, 0.2) is 5.78 Å². The molecule has 10 nitrogen and oxygen atoms in total. The number of nitrogens with one attached hydrogen (secondary N) is 3. The van der Waals surface area contributed by atoms with Crippen LogP contribution in [-0.4, -0.2) is 81.8 Å². The zero-order valence-electron chi connectivity index (χ0n) is 24.9. The van der Waals surface area contributed by atoms with Crippen molar-refractivity contribution in [1.29, 1.82) is 0 Å². The number of hydrogen-bond donors (Lipinski definition) is 3. The SMILES string of the molecule is C=C(C)C(=O)CCCCOCC(COCCCNC(=O)C(=C)C)(COCCCNC(=O)C(=C)C)NC(=O)C(=C)C. The number of carbonyl (C=O) groups excluding carboxylic acids is 4. The van der Waals surface area contributed by atoms with Gasteiger partial charge in [-0.05, 0) is 59.0 Å². The molecule has 0 aromatic rings. The molecule has 0 aromatic carbocycles. The monoisotopic (exact) mass is 563 g/mol. The lowest BCUT2D eigenvalue weighted by atomic mass is 10.0. The first-order valence-corrected chi connectivity index (χ1v) is 13.6. The van der Waals surface area contributed by atoms with Crippen LogP contribution >= 0.6 is 0 Å². The summed E-state index contributed by atoms with van der Waals surface area (Å²) in [5.41, 5.74) is 0.716. The van der Waals surface area contributed by atoms with E-state index in [0.29, 0.717) is 87.3 Å². The van der Waals surface area contributed by atoms with E-state index >= 15 is 0 Å². The van der Waals surface area contributed by atoms with Gasteiger partial charge in [-0.1, -0.05) is 26.3 Å². The number of unbranched alkanes of at least 4 members (excludes halogenated alkanes) is 1. The first-order valence-electron chi connectivity index (χ1n) is 13.6. The summed E-state index contributed by atoms with van der Waals surface area (Å²) >= 11 is 0. The Morgan fingerprint density at radius 2 is 0.975 bits per heavy atom. The van der Waals surface area contributed by atoms with E-state index in [1.807, 2.05) is 0 Å². The third kappa shape index (κ3) is 17.5. The van der Waals surface area contributed by atoms with Crippen LogP contribution in [0.1, 0.15) is 59.8 Å². The van der Waals surface area contributed by atoms with Gasteiger partial charge in [0.25, 0.3) is 0 Å². The van der Waals surface area contributed by atoms with Crippen LogP contribution < -0.4 is 16.0 Å². The number of carbonyl (C=O) groups is 4. The molecule has 10 heteroatoms. The summed E-state index contributed by atoms with van der Waals surface area (Å²) in [7, 11) is 0. The third-order valence-corrected chi connectivity index (χ3v) is 5.60. The highest BCUT2D eigenvalue weighted by Gasteiger charge is 2.34. The fraction of sp³-hybridized carbons (Fsp3) is 0.600. The van der Waals surface area contributed by atoms with Gasteiger partial charge in [-0.2, -0.15) is 0 Å². The Morgan fingerprint density at radius 3 is 1.35 bits per heavy atom. The summed E-state index contributed by atoms with van der Waals surface area (Å²) in [5, 5.41) is 8.46. The first kappa shape index (κ1) is 36.9. The topological polar surface area (TPSA) is 132 Å². The van der Waals surface area contributed by atoms with Crippen LogP contribution in [0.2, 0.25) is 0 Å². The molecule has 0 heterocycles. The minimum Gasteiger partial charge on any atom is -0.379 e. The van der Waals surface area contributed by atoms with Crippen molar-refractivity contribution < 1.29 is 33.4 Å². The summed E-state index contributed by atoms with van der Waals surface area (Å²) in [4.78, 5) is 47.7. The molecule has 0 aromatic heterocycles. The van der Waals surface area contributed by atoms with Crippen molar-refractivity contribution in [2.45, 2.75) is 65.3 Å². The second-order valence-corrected chi connectivity index (χ2v) is 10.1. The zero-order valence-corrected chi connectivity index (χ0v) is 24.9. The summed E-state index contributed by atoms with van der Waals surface area (Å²) in [6.45, 7) is 23.4. The van der Waals surface area contributed by atoms with Gasteiger partial charge in [0.1, 0.15) is 5.54 Å². The molecule has 0 fully saturated rings. The highest BCUT2D eigenvalue weighted by molar-refractivity contribution is 5.94. The predicted molar refractivity (Wildman–Crippen MR) is 157 cm³/mol. The van der Waals surface area contributed by atoms with Crippen LogP contribution in [0, 0.1) is 0 Å². The lowest BCUT2D eigenvalue weighted by Crippen LogP contribution is -2.59. The van der Waals surface area contributed by atoms with Gasteiger partial charge in [0.05, 0.1) is 19.8 Å². The van der Waals surface area contributed by atoms with Gasteiger partial charge in [0, 0.05) is 56.1 Å². The van der Waals surface area contributed by atoms with E-state index < -0.39 is 5.54 Å². The molecule has 0 saturated carbocycles. The molecule has 0 radical (unpaired) electrons. The Bertz CT molecular complexity index is 818. The fourth-order valence-corrected chi connectivity index (χ4v) is 3.14. The van der Waals surface area contributed by atoms with Crippen LogP contribution in [0.25, 0.3) is 0 Å². The minimum absolute atomic E-state index is 0.0312. The summed E-state index contributed by atoms with van der Waals surface area (Å²) in [5.74, 6) is -0.752. The molecular formula is C30H49N3O7. The van der Waals surface area contributed by atoms with Crippen LogP contribution in [0.3, 0.4) is 0 Å². The van der Waals surface area contributed by atoms with Gasteiger partial charge in [-0.15, -0.1) is 0 Å². The zero-order chi connectivity index (χ0) is 30.6. The van der Waals surface area contributed by atoms with E-state index in [0.717, 1.165) is 0 Å². The maximum absolute atomic E-state index is 12.6. The number of Topliss-reactive ketones (excluding diaryl/α,β-unsaturated/α-hetero) is 1. The molecule has 0 bridgehead atoms. The maximum atomic E-state index is 12.6. The predicted octanol–water partition coefficient (Wildman–Crippen LogP) is 2.95. The summed E-state index contributed by atoms with van der Waals surface area (Å²) < 4.78 is 17.7. The molecule has 0 aliphatic heterocycles. The lowest BCUT2D eigenvalue weighted by Gasteiger charge is -2.34. The van der Waals surface area contributed by atoms with Gasteiger partial charge >= 0.3 is 0 Å². The first-order chi connectivity index (χ1) is 18.8. The van der Waals surface area contributed by atoms with E-state index in [1.165, 1.54) is 0 Å². The molecule has 3 amide bonds. The van der Waals surface area contributed by atoms with Crippen LogP contribution in [0.15, 0.2) is 48.6 Å². The molecule has 0 spiro atoms. The average Bonchev–Trinajstić information content (AvgIpc) is 2.89. The smallest absolute Gasteiger partial charge is 0.246 e. The van der Waals surface area contributed by atoms with Crippen molar-refractivity contribution in [2.75, 3.05) is 52.7 Å². The summed E-state index contributed by atoms with van der Waals surface area (Å²) in [6.07, 6.45) is 2.85. The molecule has 0 aliphatic carbocycles. The van der Waals surface area contributed by atoms with E-state index in [9.17, 15) is 19.2 Å². The van der Waals surface area contributed by atoms with Crippen LogP contribution in [-0.2, 0) is 33.4 Å². The Morgan fingerprint density at radius 1 is 0.575 bits per heavy atom. The minimum atomic E-state index is -1.01. The van der Waals surface area contributed by atoms with Crippen molar-refractivity contribution in [1.82, 2.24) is 16.0 Å². The number of ketones is 1. The van der Waals surface area contributed by atoms with Crippen molar-refractivity contribution in [3.63, 3.8) is 0 Å². The Hall–Kier alpha value is -3.08. The van der Waals surface area contributed by atoms with Crippen LogP contribution in [0.4, 0.5) is 0 Å². The van der Waals surface area contributed by atoms with Crippen molar-refractivity contribution >= 4 is 23.5 Å². The van der Waals surface area contributed by atoms with Gasteiger partial charge in [0.2, 0.25) is 17.7 Å². The van der Waals surface area contributed by atoms with Gasteiger partial charge in [-0.25, -0.2) is 0 Å². The molecule has 0 atom stereocenters. The number of amides is 3. The van der Waals surface area contributed by atoms with E-state index in [-0.39, 0.29) is 43.3 Å². The van der Waals surface area contributed by atoms with E-state index in [4.69, 9.17) is 14.2 Å². The highest BCUT2D eigenvalue weighted by Crippen LogP contribution is 2.12. The Kier molecular flexibility index (Phi) is 19.2. The number of hydrogen-bond acceptors (Lipinski definition) is 7. The highest BCUT2D eigenvalue weighted by atomic mass is 16.5. The molecule has 3 N–H and O–H groups in total. The van der Waals surface area contributed by atoms with Gasteiger partial charge in [-0.3, -0.25) is 19.2 Å². The van der Waals surface area contributed by atoms with E-state index in [1.54, 1.807) is 27.7 Å². The van der Waals surface area contributed by atoms with Crippen molar-refractivity contribution in [3.8, 4) is 0 Å². The van der Waals surface area contributed by atoms with Gasteiger partial charge < -0.3 is 30.2 Å². The molecule has 0 saturated heterocycles. The van der Waals surface area contributed by atoms with Crippen molar-refractivity contribution in [3.05, 3.63) is 48.6 Å². The second-order valence-electron chi connectivity index (χ2n) is 10.1. The summed E-state index contributed by atoms with van der Waals surface area (Å²) in [6, 6.07) is 0. The molecule has 226 valence electrons. The fourth-order valence-electron chi connectivity index (χ4n) is 3.14. The van der Waals surface area contributed by atoms with E-state index in [2.05, 4.69) is 42.3 Å². The van der Waals surface area contributed by atoms with Crippen molar-refractivity contribution in [2.24, 2.45) is 0 Å². The number of rotatable bonds is 24. The second kappa shape index (κ2) is 20.8. The molecule has 40 heavy (non-hydrogen) atoms. The third-order valence-electron chi connectivity index (χ3n) is 5.60. The number of allylic oxidation sites excluding steroid dienone is 1. The molecule has 0 aliphatic rings. The average molecular weight is 564 g/mol. The molecule has 0 unspecified atom stereocenters. The quantitative estimate of drug-likeness (QED) is 0.122. The molecular weight excluding hydrogens is 514 g/mol. The number of ether oxygens (including phenoxy) is 3. The largest absolute Gasteiger partial charge is 0.379 e. The Labute approximate surface area is 239 Å². The Balaban J connectivity index is 5.14.